The van der Waals surface area contributed by atoms with Gasteiger partial charge in [-0.15, -0.1) is 0 Å². The summed E-state index contributed by atoms with van der Waals surface area (Å²) < 4.78 is 0. The van der Waals surface area contributed by atoms with Crippen LogP contribution in [0.5, 0.6) is 0 Å². The molecule has 1 fully saturated rings. The first kappa shape index (κ1) is 18.2. The normalized spacial score (nSPS) is 19.1. The predicted octanol–water partition coefficient (Wildman–Crippen LogP) is 3.79. The van der Waals surface area contributed by atoms with Crippen molar-refractivity contribution in [3.63, 3.8) is 0 Å². The lowest BCUT2D eigenvalue weighted by Crippen LogP contribution is -2.30. The highest BCUT2D eigenvalue weighted by atomic mass is 16.4. The average molecular weight is 374 g/mol. The fraction of sp³-hybridized carbons (Fsp3) is 0.261. The molecule has 1 N–H and O–H groups in total. The number of pyridine rings is 1. The van der Waals surface area contributed by atoms with E-state index < -0.39 is 11.9 Å². The molecule has 5 heteroatoms. The van der Waals surface area contributed by atoms with Gasteiger partial charge in [0, 0.05) is 30.1 Å². The van der Waals surface area contributed by atoms with Gasteiger partial charge >= 0.3 is 5.97 Å². The number of nitrogens with zero attached hydrogens (tertiary/aromatic N) is 2. The third-order valence-corrected chi connectivity index (χ3v) is 5.55. The van der Waals surface area contributed by atoms with Gasteiger partial charge in [-0.25, -0.2) is 0 Å². The number of aryl methyl sites for hydroxylation is 2. The number of carbonyl (C=O) groups is 2. The molecule has 2 heterocycles. The predicted molar refractivity (Wildman–Crippen MR) is 107 cm³/mol. The topological polar surface area (TPSA) is 70.5 Å². The lowest BCUT2D eigenvalue weighted by molar-refractivity contribution is -0.141. The van der Waals surface area contributed by atoms with Crippen molar-refractivity contribution >= 4 is 22.8 Å². The fourth-order valence-electron chi connectivity index (χ4n) is 4.13. The molecular weight excluding hydrogens is 352 g/mol. The Hall–Kier alpha value is -3.21. The molecule has 5 nitrogen and oxygen atoms in total. The average Bonchev–Trinajstić information content (AvgIpc) is 3.14. The summed E-state index contributed by atoms with van der Waals surface area (Å²) in [5, 5.41) is 10.5. The van der Waals surface area contributed by atoms with Crippen LogP contribution in [0, 0.1) is 19.8 Å². The van der Waals surface area contributed by atoms with E-state index in [-0.39, 0.29) is 18.4 Å². The van der Waals surface area contributed by atoms with Gasteiger partial charge in [0.25, 0.3) is 5.91 Å². The van der Waals surface area contributed by atoms with E-state index in [4.69, 9.17) is 0 Å². The minimum Gasteiger partial charge on any atom is -0.481 e. The Balaban J connectivity index is 1.72. The van der Waals surface area contributed by atoms with Crippen LogP contribution in [0.3, 0.4) is 0 Å². The van der Waals surface area contributed by atoms with Gasteiger partial charge in [0.1, 0.15) is 0 Å². The number of likely N-dealkylation sites (tertiary alicyclic amines) is 1. The lowest BCUT2D eigenvalue weighted by Gasteiger charge is -2.18. The van der Waals surface area contributed by atoms with Crippen molar-refractivity contribution in [2.24, 2.45) is 5.92 Å². The number of hydrogen-bond acceptors (Lipinski definition) is 3. The van der Waals surface area contributed by atoms with Gasteiger partial charge in [-0.1, -0.05) is 48.5 Å². The number of aromatic nitrogens is 1. The lowest BCUT2D eigenvalue weighted by atomic mass is 9.89. The van der Waals surface area contributed by atoms with E-state index in [9.17, 15) is 14.7 Å². The summed E-state index contributed by atoms with van der Waals surface area (Å²) in [6, 6.07) is 17.2. The summed E-state index contributed by atoms with van der Waals surface area (Å²) >= 11 is 0. The first-order valence-electron chi connectivity index (χ1n) is 9.39. The van der Waals surface area contributed by atoms with E-state index in [1.165, 1.54) is 0 Å². The standard InChI is InChI=1S/C23H22N2O3/c1-14-7-6-10-17-18(11-15(2)24-21(14)17)22(26)25-12-19(20(13-25)23(27)28)16-8-4-3-5-9-16/h3-11,19-20H,12-13H2,1-2H3,(H,27,28)/t19-,20+/m0/s1. The Morgan fingerprint density at radius 1 is 1.04 bits per heavy atom. The van der Waals surface area contributed by atoms with Crippen molar-refractivity contribution < 1.29 is 14.7 Å². The van der Waals surface area contributed by atoms with E-state index in [1.54, 1.807) is 11.0 Å². The summed E-state index contributed by atoms with van der Waals surface area (Å²) in [4.78, 5) is 31.5. The second-order valence-electron chi connectivity index (χ2n) is 7.45. The molecular formula is C23H22N2O3. The summed E-state index contributed by atoms with van der Waals surface area (Å²) in [6.07, 6.45) is 0. The molecule has 1 aliphatic rings. The van der Waals surface area contributed by atoms with Crippen molar-refractivity contribution in [1.82, 2.24) is 9.88 Å². The number of amides is 1. The molecule has 0 aliphatic carbocycles. The first-order valence-corrected chi connectivity index (χ1v) is 9.39. The van der Waals surface area contributed by atoms with Crippen LogP contribution in [-0.2, 0) is 4.79 Å². The van der Waals surface area contributed by atoms with E-state index in [2.05, 4.69) is 4.98 Å². The Morgan fingerprint density at radius 3 is 2.50 bits per heavy atom. The van der Waals surface area contributed by atoms with Gasteiger partial charge in [-0.05, 0) is 31.0 Å². The summed E-state index contributed by atoms with van der Waals surface area (Å²) in [6.45, 7) is 4.46. The zero-order valence-corrected chi connectivity index (χ0v) is 15.9. The van der Waals surface area contributed by atoms with Crippen LogP contribution in [0.2, 0.25) is 0 Å². The number of fused-ring (bicyclic) bond motifs is 1. The number of hydrogen-bond donors (Lipinski definition) is 1. The Labute approximate surface area is 163 Å². The maximum Gasteiger partial charge on any atom is 0.308 e. The molecule has 3 aromatic rings. The smallest absolute Gasteiger partial charge is 0.308 e. The van der Waals surface area contributed by atoms with Crippen molar-refractivity contribution in [3.05, 3.63) is 77.0 Å². The van der Waals surface area contributed by atoms with Crippen LogP contribution in [0.25, 0.3) is 10.9 Å². The zero-order valence-electron chi connectivity index (χ0n) is 15.9. The third-order valence-electron chi connectivity index (χ3n) is 5.55. The van der Waals surface area contributed by atoms with Crippen LogP contribution < -0.4 is 0 Å². The van der Waals surface area contributed by atoms with Gasteiger partial charge in [-0.2, -0.15) is 0 Å². The summed E-state index contributed by atoms with van der Waals surface area (Å²) in [7, 11) is 0. The molecule has 0 bridgehead atoms. The highest BCUT2D eigenvalue weighted by Gasteiger charge is 2.40. The van der Waals surface area contributed by atoms with Gasteiger partial charge in [0.05, 0.1) is 17.0 Å². The molecule has 1 amide bonds. The largest absolute Gasteiger partial charge is 0.481 e. The second-order valence-corrected chi connectivity index (χ2v) is 7.45. The summed E-state index contributed by atoms with van der Waals surface area (Å²) in [5.41, 5.74) is 4.15. The fourth-order valence-corrected chi connectivity index (χ4v) is 4.13. The van der Waals surface area contributed by atoms with Gasteiger partial charge in [-0.3, -0.25) is 14.6 Å². The molecule has 28 heavy (non-hydrogen) atoms. The maximum absolute atomic E-state index is 13.4. The SMILES string of the molecule is Cc1cc(C(=O)N2C[C@@H](C(=O)O)[C@H](c3ccccc3)C2)c2cccc(C)c2n1. The van der Waals surface area contributed by atoms with E-state index in [0.717, 1.165) is 27.7 Å². The first-order chi connectivity index (χ1) is 13.5. The van der Waals surface area contributed by atoms with Crippen LogP contribution >= 0.6 is 0 Å². The van der Waals surface area contributed by atoms with Crippen molar-refractivity contribution in [2.75, 3.05) is 13.1 Å². The molecule has 142 valence electrons. The number of benzene rings is 2. The van der Waals surface area contributed by atoms with Crippen LogP contribution in [-0.4, -0.2) is 40.0 Å². The molecule has 0 spiro atoms. The number of carbonyl (C=O) groups excluding carboxylic acids is 1. The van der Waals surface area contributed by atoms with Crippen molar-refractivity contribution in [1.29, 1.82) is 0 Å². The second kappa shape index (κ2) is 7.08. The van der Waals surface area contributed by atoms with Gasteiger partial charge < -0.3 is 10.0 Å². The molecule has 0 radical (unpaired) electrons. The molecule has 4 rings (SSSR count). The minimum atomic E-state index is -0.865. The third kappa shape index (κ3) is 3.13. The Morgan fingerprint density at radius 2 is 1.79 bits per heavy atom. The van der Waals surface area contributed by atoms with Crippen LogP contribution in [0.15, 0.2) is 54.6 Å². The van der Waals surface area contributed by atoms with Crippen molar-refractivity contribution in [3.8, 4) is 0 Å². The monoisotopic (exact) mass is 374 g/mol. The van der Waals surface area contributed by atoms with Gasteiger partial charge in [0.15, 0.2) is 0 Å². The Kier molecular flexibility index (Phi) is 4.59. The number of carboxylic acids is 1. The number of aliphatic carboxylic acids is 1. The van der Waals surface area contributed by atoms with Crippen LogP contribution in [0.4, 0.5) is 0 Å². The minimum absolute atomic E-state index is 0.134. The molecule has 1 aliphatic heterocycles. The molecule has 1 saturated heterocycles. The molecule has 0 unspecified atom stereocenters. The van der Waals surface area contributed by atoms with Crippen LogP contribution in [0.1, 0.15) is 33.1 Å². The van der Waals surface area contributed by atoms with Crippen molar-refractivity contribution in [2.45, 2.75) is 19.8 Å². The highest BCUT2D eigenvalue weighted by Crippen LogP contribution is 2.34. The molecule has 1 aromatic heterocycles. The number of carboxylic acid groups (broad SMARTS) is 1. The van der Waals surface area contributed by atoms with E-state index in [0.29, 0.717) is 12.1 Å². The molecule has 2 aromatic carbocycles. The van der Waals surface area contributed by atoms with Gasteiger partial charge in [0.2, 0.25) is 0 Å². The Bertz CT molecular complexity index is 1060. The molecule has 2 atom stereocenters. The van der Waals surface area contributed by atoms with E-state index in [1.807, 2.05) is 62.4 Å². The number of rotatable bonds is 3. The highest BCUT2D eigenvalue weighted by molar-refractivity contribution is 6.07. The summed E-state index contributed by atoms with van der Waals surface area (Å²) in [5.74, 6) is -1.82. The molecule has 0 saturated carbocycles. The zero-order chi connectivity index (χ0) is 19.8. The number of para-hydroxylation sites is 1. The quantitative estimate of drug-likeness (QED) is 0.757. The van der Waals surface area contributed by atoms with E-state index >= 15 is 0 Å². The maximum atomic E-state index is 13.4.